The Bertz CT molecular complexity index is 2950. The molecule has 2 N–H and O–H groups in total. The van der Waals surface area contributed by atoms with E-state index in [9.17, 15) is 41.3 Å². The second kappa shape index (κ2) is 20.2. The van der Waals surface area contributed by atoms with Gasteiger partial charge in [-0.2, -0.15) is 13.2 Å². The highest BCUT2D eigenvalue weighted by molar-refractivity contribution is 7.92. The topological polar surface area (TPSA) is 180 Å². The van der Waals surface area contributed by atoms with Crippen molar-refractivity contribution >= 4 is 55.2 Å². The van der Waals surface area contributed by atoms with Crippen molar-refractivity contribution in [3.05, 3.63) is 117 Å². The summed E-state index contributed by atoms with van der Waals surface area (Å²) in [7, 11) is -4.43. The number of carbonyl (C=O) groups is 2. The van der Waals surface area contributed by atoms with Crippen molar-refractivity contribution in [2.45, 2.75) is 71.1 Å². The van der Waals surface area contributed by atoms with Gasteiger partial charge in [-0.25, -0.2) is 13.4 Å². The third-order valence-electron chi connectivity index (χ3n) is 13.4. The van der Waals surface area contributed by atoms with E-state index in [-0.39, 0.29) is 40.8 Å². The van der Waals surface area contributed by atoms with Crippen LogP contribution in [0.4, 0.5) is 30.2 Å². The third kappa shape index (κ3) is 11.5. The maximum atomic E-state index is 14.1. The Morgan fingerprint density at radius 1 is 1.03 bits per heavy atom. The summed E-state index contributed by atoms with van der Waals surface area (Å²) in [6.07, 6.45) is 0.927. The fourth-order valence-electron chi connectivity index (χ4n) is 9.50. The second-order valence-electron chi connectivity index (χ2n) is 19.5. The molecule has 5 aromatic rings. The number of anilines is 2. The average Bonchev–Trinajstić information content (AvgIpc) is 3.79. The fourth-order valence-corrected chi connectivity index (χ4v) is 10.7. The lowest BCUT2D eigenvalue weighted by atomic mass is 9.72. The number of rotatable bonds is 15. The van der Waals surface area contributed by atoms with Crippen LogP contribution in [0.15, 0.2) is 89.6 Å². The molecule has 0 unspecified atom stereocenters. The molecular weight excluding hydrogens is 928 g/mol. The molecule has 70 heavy (non-hydrogen) atoms. The smallest absolute Gasteiger partial charge is 0.416 e. The van der Waals surface area contributed by atoms with E-state index in [0.29, 0.717) is 69.4 Å². The molecule has 3 aromatic carbocycles. The zero-order chi connectivity index (χ0) is 50.1. The van der Waals surface area contributed by atoms with Gasteiger partial charge < -0.3 is 29.6 Å². The number of piperazine rings is 1. The summed E-state index contributed by atoms with van der Waals surface area (Å²) in [5.74, 6) is -1.60. The molecule has 19 heteroatoms. The van der Waals surface area contributed by atoms with Gasteiger partial charge in [0.1, 0.15) is 28.6 Å². The lowest BCUT2D eigenvalue weighted by Crippen LogP contribution is -2.49. The van der Waals surface area contributed by atoms with Crippen LogP contribution in [0.25, 0.3) is 16.6 Å². The zero-order valence-electron chi connectivity index (χ0n) is 39.9. The summed E-state index contributed by atoms with van der Waals surface area (Å²) in [5.41, 5.74) is 4.06. The maximum Gasteiger partial charge on any atom is 0.416 e. The van der Waals surface area contributed by atoms with E-state index in [1.54, 1.807) is 42.3 Å². The number of ether oxygens (including phenoxy) is 2. The number of H-pyrrole nitrogens is 1. The number of fused-ring (bicyclic) bond motifs is 1. The molecule has 2 aliphatic heterocycles. The molecule has 0 spiro atoms. The highest BCUT2D eigenvalue weighted by atomic mass is 32.2. The minimum atomic E-state index is -4.43. The van der Waals surface area contributed by atoms with E-state index in [4.69, 9.17) is 9.47 Å². The van der Waals surface area contributed by atoms with Crippen molar-refractivity contribution < 1.29 is 45.6 Å². The van der Waals surface area contributed by atoms with Gasteiger partial charge in [0.25, 0.3) is 5.69 Å². The Morgan fingerprint density at radius 2 is 1.80 bits per heavy atom. The first-order valence-electron chi connectivity index (χ1n) is 23.4. The van der Waals surface area contributed by atoms with Gasteiger partial charge >= 0.3 is 6.18 Å². The molecule has 2 aromatic heterocycles. The van der Waals surface area contributed by atoms with Crippen molar-refractivity contribution in [3.8, 4) is 11.5 Å². The molecule has 0 radical (unpaired) electrons. The monoisotopic (exact) mass is 985 g/mol. The van der Waals surface area contributed by atoms with E-state index >= 15 is 0 Å². The molecule has 1 aliphatic carbocycles. The number of aromatic amines is 1. The fraction of sp³-hybridized carbons (Fsp3) is 0.431. The molecule has 3 aliphatic rings. The first-order chi connectivity index (χ1) is 33.1. The van der Waals surface area contributed by atoms with Crippen LogP contribution in [-0.2, 0) is 25.5 Å². The number of nitrogens with one attached hydrogen (secondary N) is 2. The van der Waals surface area contributed by atoms with Crippen LogP contribution >= 0.6 is 0 Å². The van der Waals surface area contributed by atoms with E-state index in [2.05, 4.69) is 38.9 Å². The molecule has 4 heterocycles. The van der Waals surface area contributed by atoms with Crippen molar-refractivity contribution in [3.63, 3.8) is 0 Å². The number of amides is 1. The second-order valence-corrected chi connectivity index (χ2v) is 21.5. The molecule has 8 rings (SSSR count). The van der Waals surface area contributed by atoms with Gasteiger partial charge in [0.2, 0.25) is 5.91 Å². The number of halogens is 3. The number of benzene rings is 3. The van der Waals surface area contributed by atoms with Crippen LogP contribution in [0.3, 0.4) is 0 Å². The van der Waals surface area contributed by atoms with Crippen LogP contribution in [0.5, 0.6) is 11.5 Å². The van der Waals surface area contributed by atoms with E-state index in [1.807, 2.05) is 19.9 Å². The van der Waals surface area contributed by atoms with E-state index in [1.165, 1.54) is 42.1 Å². The number of alkyl halides is 3. The number of nitrogens with zero attached hydrogens (tertiary/aromatic N) is 5. The average molecular weight is 986 g/mol. The Balaban J connectivity index is 0.990. The predicted molar refractivity (Wildman–Crippen MR) is 261 cm³/mol. The van der Waals surface area contributed by atoms with Crippen LogP contribution in [0.2, 0.25) is 0 Å². The summed E-state index contributed by atoms with van der Waals surface area (Å²) >= 11 is 0. The van der Waals surface area contributed by atoms with Crippen LogP contribution in [-0.4, -0.2) is 116 Å². The first kappa shape index (κ1) is 50.1. The van der Waals surface area contributed by atoms with Gasteiger partial charge in [-0.05, 0) is 96.8 Å². The standard InChI is InChI=1S/C51H58F3N7O8S/c1-32(2)49(63)60-20-21-68-39(30-60)28-56-44-11-8-40(25-45(44)61(64)65)70(66,67)31-46(62)42-10-7-37(24-47(42)69-38-23-34-13-15-55-48(34)57-27-38)59-18-16-58(17-19-59)29-35-12-14-50(4,5)26-43(35)41-9-6-36(22-33(41)3)51(52,53)54/h6-11,13,15,22-25,27,32,39,56H,12,14,16-21,26,28-31H2,1-5H3,(H,55,57)/t39-/m0/s1. The summed E-state index contributed by atoms with van der Waals surface area (Å²) < 4.78 is 80.6. The number of Topliss-reactive ketones (excluding diaryl/α,β-unsaturated/α-hetero) is 1. The Morgan fingerprint density at radius 3 is 2.51 bits per heavy atom. The number of hydrogen-bond acceptors (Lipinski definition) is 12. The van der Waals surface area contributed by atoms with Gasteiger partial charge in [-0.1, -0.05) is 39.3 Å². The van der Waals surface area contributed by atoms with E-state index < -0.39 is 54.7 Å². The van der Waals surface area contributed by atoms with Gasteiger partial charge in [0.15, 0.2) is 15.6 Å². The lowest BCUT2D eigenvalue weighted by Gasteiger charge is -2.39. The molecular formula is C51H58F3N7O8S. The Kier molecular flexibility index (Phi) is 14.5. The van der Waals surface area contributed by atoms with Crippen molar-refractivity contribution in [1.82, 2.24) is 19.8 Å². The molecule has 0 bridgehead atoms. The highest BCUT2D eigenvalue weighted by Crippen LogP contribution is 2.45. The number of pyridine rings is 1. The number of nitro benzene ring substituents is 1. The normalized spacial score (nSPS) is 18.1. The number of aromatic nitrogens is 2. The van der Waals surface area contributed by atoms with E-state index in [0.717, 1.165) is 47.5 Å². The number of carbonyl (C=O) groups excluding carboxylic acids is 2. The molecule has 0 saturated carbocycles. The lowest BCUT2D eigenvalue weighted by molar-refractivity contribution is -0.384. The largest absolute Gasteiger partial charge is 0.455 e. The quantitative estimate of drug-likeness (QED) is 0.0578. The number of allylic oxidation sites excluding steroid dienone is 1. The van der Waals surface area contributed by atoms with Gasteiger partial charge in [0.05, 0.1) is 39.9 Å². The molecule has 2 saturated heterocycles. The number of morpholine rings is 1. The van der Waals surface area contributed by atoms with Crippen LogP contribution < -0.4 is 15.0 Å². The molecule has 15 nitrogen and oxygen atoms in total. The predicted octanol–water partition coefficient (Wildman–Crippen LogP) is 9.33. The minimum absolute atomic E-state index is 0.00422. The zero-order valence-corrected chi connectivity index (χ0v) is 40.7. The van der Waals surface area contributed by atoms with Gasteiger partial charge in [0, 0.05) is 87.7 Å². The van der Waals surface area contributed by atoms with Gasteiger partial charge in [-0.3, -0.25) is 24.6 Å². The summed E-state index contributed by atoms with van der Waals surface area (Å²) in [4.78, 5) is 51.5. The highest BCUT2D eigenvalue weighted by Gasteiger charge is 2.34. The van der Waals surface area contributed by atoms with Crippen molar-refractivity contribution in [2.75, 3.05) is 74.9 Å². The summed E-state index contributed by atoms with van der Waals surface area (Å²) in [5, 5.41) is 16.0. The number of nitro groups is 1. The number of ketones is 1. The van der Waals surface area contributed by atoms with Gasteiger partial charge in [-0.15, -0.1) is 0 Å². The number of aryl methyl sites for hydroxylation is 1. The molecule has 1 amide bonds. The number of sulfone groups is 1. The molecule has 2 fully saturated rings. The number of hydrogen-bond donors (Lipinski definition) is 2. The minimum Gasteiger partial charge on any atom is -0.455 e. The third-order valence-corrected chi connectivity index (χ3v) is 15.0. The van der Waals surface area contributed by atoms with Crippen LogP contribution in [0.1, 0.15) is 74.0 Å². The molecule has 1 atom stereocenters. The summed E-state index contributed by atoms with van der Waals surface area (Å²) in [6, 6.07) is 16.0. The summed E-state index contributed by atoms with van der Waals surface area (Å²) in [6.45, 7) is 14.2. The Hall–Kier alpha value is -6.31. The van der Waals surface area contributed by atoms with Crippen molar-refractivity contribution in [1.29, 1.82) is 0 Å². The van der Waals surface area contributed by atoms with Crippen molar-refractivity contribution in [2.24, 2.45) is 11.3 Å². The maximum absolute atomic E-state index is 14.1. The molecule has 372 valence electrons. The van der Waals surface area contributed by atoms with Crippen LogP contribution in [0, 0.1) is 28.4 Å². The Labute approximate surface area is 405 Å². The SMILES string of the molecule is Cc1cc(C(F)(F)F)ccc1C1=C(CN2CCN(c3ccc(C(=O)CS(=O)(=O)c4ccc(NC[C@H]5CN(C(=O)C(C)C)CCO5)c([N+](=O)[O-])c4)c(Oc4cnc5[nH]ccc5c4)c3)CC2)CCC(C)(C)C1. The first-order valence-corrected chi connectivity index (χ1v) is 25.1.